The summed E-state index contributed by atoms with van der Waals surface area (Å²) in [6.07, 6.45) is 4.17. The molecule has 1 aromatic heterocycles. The number of nitrogens with zero attached hydrogens (tertiary/aromatic N) is 8. The first-order valence-electron chi connectivity index (χ1n) is 11.9. The van der Waals surface area contributed by atoms with Crippen LogP contribution in [0.3, 0.4) is 0 Å². The van der Waals surface area contributed by atoms with E-state index in [1.54, 1.807) is 0 Å². The first-order valence-corrected chi connectivity index (χ1v) is 11.9. The van der Waals surface area contributed by atoms with E-state index >= 15 is 0 Å². The van der Waals surface area contributed by atoms with Crippen LogP contribution in [-0.2, 0) is 11.3 Å². The molecule has 35 heavy (non-hydrogen) atoms. The molecule has 184 valence electrons. The maximum atomic E-state index is 9.02. The molecular weight excluding hydrogens is 446 g/mol. The van der Waals surface area contributed by atoms with Crippen LogP contribution in [0.15, 0.2) is 45.6 Å². The molecule has 0 radical (unpaired) electrons. The molecule has 2 aliphatic rings. The lowest BCUT2D eigenvalue weighted by Crippen LogP contribution is -2.37. The van der Waals surface area contributed by atoms with Crippen molar-refractivity contribution in [1.82, 2.24) is 20.2 Å². The third-order valence-corrected chi connectivity index (χ3v) is 5.68. The van der Waals surface area contributed by atoms with Gasteiger partial charge in [0.05, 0.1) is 26.3 Å². The number of azo groups is 1. The molecule has 2 saturated heterocycles. The molecule has 1 N–H and O–H groups in total. The van der Waals surface area contributed by atoms with Gasteiger partial charge in [-0.1, -0.05) is 29.8 Å². The summed E-state index contributed by atoms with van der Waals surface area (Å²) in [4.78, 5) is 17.7. The van der Waals surface area contributed by atoms with Crippen molar-refractivity contribution in [2.75, 3.05) is 57.4 Å². The van der Waals surface area contributed by atoms with Crippen molar-refractivity contribution in [3.8, 4) is 12.2 Å². The Balaban J connectivity index is 1.43. The third kappa shape index (κ3) is 7.35. The number of aromatic nitrogens is 2. The van der Waals surface area contributed by atoms with E-state index in [9.17, 15) is 0 Å². The second kappa shape index (κ2) is 12.6. The van der Waals surface area contributed by atoms with E-state index in [4.69, 9.17) is 14.7 Å². The SMILES string of the molecule is Cc1cccc(CN=Nc2cc(N3CCOCC3)nc(OCCN=C(NC#N)N3CCCC3)n2)c1. The van der Waals surface area contributed by atoms with Gasteiger partial charge < -0.3 is 19.3 Å². The molecule has 0 amide bonds. The summed E-state index contributed by atoms with van der Waals surface area (Å²) in [7, 11) is 0. The second-order valence-corrected chi connectivity index (χ2v) is 8.34. The molecule has 3 heterocycles. The third-order valence-electron chi connectivity index (χ3n) is 5.68. The molecule has 11 nitrogen and oxygen atoms in total. The van der Waals surface area contributed by atoms with E-state index < -0.39 is 0 Å². The first-order chi connectivity index (χ1) is 17.2. The maximum absolute atomic E-state index is 9.02. The van der Waals surface area contributed by atoms with Crippen molar-refractivity contribution in [2.45, 2.75) is 26.3 Å². The van der Waals surface area contributed by atoms with Gasteiger partial charge in [-0.2, -0.15) is 20.3 Å². The van der Waals surface area contributed by atoms with E-state index in [-0.39, 0.29) is 12.6 Å². The molecule has 0 atom stereocenters. The summed E-state index contributed by atoms with van der Waals surface area (Å²) in [5, 5.41) is 20.4. The average molecular weight is 478 g/mol. The molecule has 2 aliphatic heterocycles. The predicted octanol–water partition coefficient (Wildman–Crippen LogP) is 2.81. The minimum Gasteiger partial charge on any atom is -0.461 e. The summed E-state index contributed by atoms with van der Waals surface area (Å²) >= 11 is 0. The lowest BCUT2D eigenvalue weighted by molar-refractivity contribution is 0.122. The monoisotopic (exact) mass is 477 g/mol. The molecular formula is C24H31N9O2. The number of anilines is 1. The Morgan fingerprint density at radius 2 is 2.00 bits per heavy atom. The number of nitrogens with one attached hydrogen (secondary N) is 1. The Morgan fingerprint density at radius 1 is 1.17 bits per heavy atom. The topological polar surface area (TPSA) is 124 Å². The highest BCUT2D eigenvalue weighted by Crippen LogP contribution is 2.23. The minimum atomic E-state index is 0.227. The lowest BCUT2D eigenvalue weighted by atomic mass is 10.1. The van der Waals surface area contributed by atoms with E-state index in [0.717, 1.165) is 50.4 Å². The van der Waals surface area contributed by atoms with Gasteiger partial charge in [-0.25, -0.2) is 4.99 Å². The van der Waals surface area contributed by atoms with Gasteiger partial charge in [-0.05, 0) is 25.3 Å². The van der Waals surface area contributed by atoms with Gasteiger partial charge in [0.1, 0.15) is 12.4 Å². The van der Waals surface area contributed by atoms with Crippen molar-refractivity contribution in [3.05, 3.63) is 41.5 Å². The van der Waals surface area contributed by atoms with Crippen molar-refractivity contribution in [3.63, 3.8) is 0 Å². The molecule has 0 spiro atoms. The number of hydrogen-bond acceptors (Lipinski definition) is 9. The van der Waals surface area contributed by atoms with Crippen molar-refractivity contribution in [2.24, 2.45) is 15.2 Å². The summed E-state index contributed by atoms with van der Waals surface area (Å²) in [6.45, 7) is 7.72. The Bertz CT molecular complexity index is 1070. The fourth-order valence-electron chi connectivity index (χ4n) is 3.96. The van der Waals surface area contributed by atoms with E-state index in [1.165, 1.54) is 5.56 Å². The maximum Gasteiger partial charge on any atom is 0.320 e. The van der Waals surface area contributed by atoms with E-state index in [0.29, 0.717) is 38.1 Å². The lowest BCUT2D eigenvalue weighted by Gasteiger charge is -2.27. The van der Waals surface area contributed by atoms with Crippen molar-refractivity contribution in [1.29, 1.82) is 5.26 Å². The molecule has 0 aliphatic carbocycles. The zero-order chi connectivity index (χ0) is 24.3. The van der Waals surface area contributed by atoms with Crippen LogP contribution in [0, 0.1) is 18.4 Å². The zero-order valence-electron chi connectivity index (χ0n) is 20.1. The number of aliphatic imine (C=N–C) groups is 1. The van der Waals surface area contributed by atoms with Gasteiger partial charge in [-0.3, -0.25) is 5.32 Å². The summed E-state index contributed by atoms with van der Waals surface area (Å²) in [5.41, 5.74) is 2.27. The Morgan fingerprint density at radius 3 is 2.77 bits per heavy atom. The number of hydrogen-bond donors (Lipinski definition) is 1. The van der Waals surface area contributed by atoms with Crippen LogP contribution in [-0.4, -0.2) is 73.4 Å². The molecule has 2 fully saturated rings. The van der Waals surface area contributed by atoms with Gasteiger partial charge in [0.25, 0.3) is 0 Å². The molecule has 1 aromatic carbocycles. The Labute approximate surface area is 205 Å². The molecule has 0 saturated carbocycles. The van der Waals surface area contributed by atoms with Crippen LogP contribution in [0.1, 0.15) is 24.0 Å². The van der Waals surface area contributed by atoms with E-state index in [1.807, 2.05) is 24.4 Å². The quantitative estimate of drug-likeness (QED) is 0.154. The number of ether oxygens (including phenoxy) is 2. The summed E-state index contributed by atoms with van der Waals surface area (Å²) in [5.74, 6) is 1.76. The van der Waals surface area contributed by atoms with Crippen LogP contribution < -0.4 is 15.0 Å². The highest BCUT2D eigenvalue weighted by molar-refractivity contribution is 5.81. The van der Waals surface area contributed by atoms with Crippen LogP contribution in [0.5, 0.6) is 6.01 Å². The normalized spacial score (nSPS) is 16.5. The first kappa shape index (κ1) is 24.3. The van der Waals surface area contributed by atoms with Crippen LogP contribution >= 0.6 is 0 Å². The number of guanidine groups is 1. The predicted molar refractivity (Wildman–Crippen MR) is 132 cm³/mol. The highest BCUT2D eigenvalue weighted by atomic mass is 16.5. The number of rotatable bonds is 8. The summed E-state index contributed by atoms with van der Waals surface area (Å²) < 4.78 is 11.3. The number of benzene rings is 1. The smallest absolute Gasteiger partial charge is 0.320 e. The fourth-order valence-corrected chi connectivity index (χ4v) is 3.96. The molecule has 4 rings (SSSR count). The van der Waals surface area contributed by atoms with Gasteiger partial charge in [0, 0.05) is 32.2 Å². The zero-order valence-corrected chi connectivity index (χ0v) is 20.1. The van der Waals surface area contributed by atoms with Gasteiger partial charge in [-0.15, -0.1) is 5.11 Å². The molecule has 0 unspecified atom stereocenters. The standard InChI is InChI=1S/C24H31N9O2/c1-19-5-4-6-20(15-19)17-28-31-21-16-22(32-10-13-34-14-11-32)30-24(29-21)35-12-7-26-23(27-18-25)33-8-2-3-9-33/h4-6,15-16H,2-3,7-14,17H2,1H3,(H,26,27). The van der Waals surface area contributed by atoms with Crippen molar-refractivity contribution < 1.29 is 9.47 Å². The van der Waals surface area contributed by atoms with Gasteiger partial charge in [0.15, 0.2) is 12.0 Å². The molecule has 11 heteroatoms. The largest absolute Gasteiger partial charge is 0.461 e. The number of nitriles is 1. The highest BCUT2D eigenvalue weighted by Gasteiger charge is 2.17. The van der Waals surface area contributed by atoms with Crippen LogP contribution in [0.2, 0.25) is 0 Å². The van der Waals surface area contributed by atoms with Gasteiger partial charge in [0.2, 0.25) is 5.96 Å². The average Bonchev–Trinajstić information content (AvgIpc) is 3.41. The molecule has 2 aromatic rings. The fraction of sp³-hybridized carbons (Fsp3) is 0.500. The Kier molecular flexibility index (Phi) is 8.78. The van der Waals surface area contributed by atoms with Gasteiger partial charge >= 0.3 is 6.01 Å². The van der Waals surface area contributed by atoms with E-state index in [2.05, 4.69) is 59.4 Å². The number of aryl methyl sites for hydroxylation is 1. The number of likely N-dealkylation sites (tertiary alicyclic amines) is 1. The van der Waals surface area contributed by atoms with Crippen LogP contribution in [0.4, 0.5) is 11.6 Å². The Hall–Kier alpha value is -3.78. The van der Waals surface area contributed by atoms with Crippen LogP contribution in [0.25, 0.3) is 0 Å². The number of morpholine rings is 1. The minimum absolute atomic E-state index is 0.227. The molecule has 0 bridgehead atoms. The van der Waals surface area contributed by atoms with Crippen molar-refractivity contribution >= 4 is 17.6 Å². The second-order valence-electron chi connectivity index (χ2n) is 8.34. The summed E-state index contributed by atoms with van der Waals surface area (Å²) in [6, 6.07) is 10.2.